The zero-order chi connectivity index (χ0) is 10.7. The molecule has 1 saturated heterocycles. The summed E-state index contributed by atoms with van der Waals surface area (Å²) < 4.78 is 1.00. The van der Waals surface area contributed by atoms with Crippen molar-refractivity contribution in [2.45, 2.75) is 18.9 Å². The van der Waals surface area contributed by atoms with Crippen molar-refractivity contribution in [3.8, 4) is 0 Å². The highest BCUT2D eigenvalue weighted by atomic mass is 79.9. The van der Waals surface area contributed by atoms with Gasteiger partial charge in [0.25, 0.3) is 0 Å². The number of piperidine rings is 1. The van der Waals surface area contributed by atoms with E-state index in [0.29, 0.717) is 5.92 Å². The van der Waals surface area contributed by atoms with Crippen LogP contribution in [0.1, 0.15) is 24.4 Å². The Kier molecular flexibility index (Phi) is 3.72. The molecule has 0 radical (unpaired) electrons. The molecule has 2 rings (SSSR count). The number of pyridine rings is 1. The first-order valence-corrected chi connectivity index (χ1v) is 6.13. The van der Waals surface area contributed by atoms with Gasteiger partial charge in [-0.15, -0.1) is 0 Å². The number of nitrogens with one attached hydrogen (secondary N) is 1. The maximum absolute atomic E-state index is 6.25. The first-order chi connectivity index (χ1) is 7.27. The van der Waals surface area contributed by atoms with Crippen LogP contribution in [0.15, 0.2) is 22.9 Å². The third-order valence-corrected chi connectivity index (χ3v) is 3.44. The van der Waals surface area contributed by atoms with E-state index in [2.05, 4.69) is 32.3 Å². The van der Waals surface area contributed by atoms with E-state index < -0.39 is 0 Å². The second-order valence-corrected chi connectivity index (χ2v) is 4.97. The van der Waals surface area contributed by atoms with Gasteiger partial charge in [0.2, 0.25) is 0 Å². The van der Waals surface area contributed by atoms with Crippen molar-refractivity contribution in [1.29, 1.82) is 0 Å². The first kappa shape index (κ1) is 11.0. The average Bonchev–Trinajstić information content (AvgIpc) is 2.29. The van der Waals surface area contributed by atoms with Gasteiger partial charge in [-0.2, -0.15) is 0 Å². The second-order valence-electron chi connectivity index (χ2n) is 4.05. The summed E-state index contributed by atoms with van der Waals surface area (Å²) in [6.45, 7) is 2.17. The molecule has 0 saturated carbocycles. The van der Waals surface area contributed by atoms with Gasteiger partial charge < -0.3 is 11.1 Å². The summed E-state index contributed by atoms with van der Waals surface area (Å²) in [6.07, 6.45) is 5.98. The molecule has 4 heteroatoms. The van der Waals surface area contributed by atoms with Crippen LogP contribution in [0.2, 0.25) is 0 Å². The molecule has 1 atom stereocenters. The quantitative estimate of drug-likeness (QED) is 0.862. The van der Waals surface area contributed by atoms with Crippen LogP contribution in [-0.4, -0.2) is 18.1 Å². The van der Waals surface area contributed by atoms with Crippen molar-refractivity contribution in [2.24, 2.45) is 11.7 Å². The Labute approximate surface area is 98.6 Å². The summed E-state index contributed by atoms with van der Waals surface area (Å²) in [7, 11) is 0. The zero-order valence-electron chi connectivity index (χ0n) is 8.62. The fraction of sp³-hybridized carbons (Fsp3) is 0.545. The Balaban J connectivity index is 2.08. The Bertz CT molecular complexity index is 323. The molecule has 3 N–H and O–H groups in total. The lowest BCUT2D eigenvalue weighted by Crippen LogP contribution is -2.33. The molecular weight excluding hydrogens is 254 g/mol. The fourth-order valence-corrected chi connectivity index (χ4v) is 2.47. The highest BCUT2D eigenvalue weighted by molar-refractivity contribution is 9.10. The first-order valence-electron chi connectivity index (χ1n) is 5.34. The predicted octanol–water partition coefficient (Wildman–Crippen LogP) is 1.84. The number of nitrogens with zero attached hydrogens (tertiary/aromatic N) is 1. The Morgan fingerprint density at radius 1 is 1.40 bits per heavy atom. The Hall–Kier alpha value is -0.450. The molecule has 0 spiro atoms. The van der Waals surface area contributed by atoms with Gasteiger partial charge in [-0.25, -0.2) is 0 Å². The van der Waals surface area contributed by atoms with Crippen molar-refractivity contribution in [3.05, 3.63) is 28.5 Å². The molecule has 1 aliphatic heterocycles. The molecule has 2 heterocycles. The van der Waals surface area contributed by atoms with Crippen molar-refractivity contribution < 1.29 is 0 Å². The third-order valence-electron chi connectivity index (χ3n) is 3.00. The van der Waals surface area contributed by atoms with E-state index in [4.69, 9.17) is 5.73 Å². The van der Waals surface area contributed by atoms with Crippen LogP contribution in [0.25, 0.3) is 0 Å². The Morgan fingerprint density at radius 2 is 2.13 bits per heavy atom. The maximum atomic E-state index is 6.25. The molecule has 0 unspecified atom stereocenters. The molecule has 0 bridgehead atoms. The van der Waals surface area contributed by atoms with E-state index in [-0.39, 0.29) is 6.04 Å². The normalized spacial score (nSPS) is 20.1. The van der Waals surface area contributed by atoms with Crippen LogP contribution in [0.5, 0.6) is 0 Å². The minimum absolute atomic E-state index is 0.122. The van der Waals surface area contributed by atoms with Crippen molar-refractivity contribution in [3.63, 3.8) is 0 Å². The van der Waals surface area contributed by atoms with Crippen LogP contribution in [0.3, 0.4) is 0 Å². The average molecular weight is 270 g/mol. The molecule has 0 amide bonds. The standard InChI is InChI=1S/C11H16BrN3/c12-10-5-9(6-15-7-10)11(13)8-1-3-14-4-2-8/h5-8,11,14H,1-4,13H2/t11-/m1/s1. The number of nitrogens with two attached hydrogens (primary N) is 1. The lowest BCUT2D eigenvalue weighted by Gasteiger charge is -2.28. The topological polar surface area (TPSA) is 50.9 Å². The lowest BCUT2D eigenvalue weighted by atomic mass is 9.87. The molecule has 1 fully saturated rings. The highest BCUT2D eigenvalue weighted by Crippen LogP contribution is 2.27. The maximum Gasteiger partial charge on any atom is 0.0410 e. The lowest BCUT2D eigenvalue weighted by molar-refractivity contribution is 0.321. The summed E-state index contributed by atoms with van der Waals surface area (Å²) in [5.41, 5.74) is 7.39. The van der Waals surface area contributed by atoms with E-state index in [1.54, 1.807) is 6.20 Å². The van der Waals surface area contributed by atoms with Crippen LogP contribution < -0.4 is 11.1 Å². The highest BCUT2D eigenvalue weighted by Gasteiger charge is 2.21. The van der Waals surface area contributed by atoms with Crippen LogP contribution in [0, 0.1) is 5.92 Å². The summed E-state index contributed by atoms with van der Waals surface area (Å²) >= 11 is 3.42. The van der Waals surface area contributed by atoms with Crippen LogP contribution >= 0.6 is 15.9 Å². The van der Waals surface area contributed by atoms with E-state index in [1.165, 1.54) is 0 Å². The molecule has 1 aromatic heterocycles. The predicted molar refractivity (Wildman–Crippen MR) is 64.5 cm³/mol. The van der Waals surface area contributed by atoms with Crippen LogP contribution in [-0.2, 0) is 0 Å². The van der Waals surface area contributed by atoms with Crippen molar-refractivity contribution in [2.75, 3.05) is 13.1 Å². The summed E-state index contributed by atoms with van der Waals surface area (Å²) in [5.74, 6) is 0.586. The van der Waals surface area contributed by atoms with Gasteiger partial charge in [-0.05, 0) is 59.4 Å². The molecule has 15 heavy (non-hydrogen) atoms. The van der Waals surface area contributed by atoms with Gasteiger partial charge in [0, 0.05) is 22.9 Å². The zero-order valence-corrected chi connectivity index (χ0v) is 10.2. The number of hydrogen-bond donors (Lipinski definition) is 2. The second kappa shape index (κ2) is 5.05. The number of hydrogen-bond acceptors (Lipinski definition) is 3. The van der Waals surface area contributed by atoms with E-state index in [9.17, 15) is 0 Å². The largest absolute Gasteiger partial charge is 0.324 e. The van der Waals surface area contributed by atoms with Gasteiger partial charge in [-0.1, -0.05) is 0 Å². The monoisotopic (exact) mass is 269 g/mol. The molecule has 1 aliphatic rings. The van der Waals surface area contributed by atoms with E-state index in [1.807, 2.05) is 6.20 Å². The fourth-order valence-electron chi connectivity index (χ4n) is 2.09. The SMILES string of the molecule is N[C@@H](c1cncc(Br)c1)C1CCNCC1. The minimum atomic E-state index is 0.122. The molecule has 0 aliphatic carbocycles. The van der Waals surface area contributed by atoms with E-state index in [0.717, 1.165) is 36.0 Å². The van der Waals surface area contributed by atoms with E-state index >= 15 is 0 Å². The van der Waals surface area contributed by atoms with Gasteiger partial charge in [0.1, 0.15) is 0 Å². The molecule has 0 aromatic carbocycles. The smallest absolute Gasteiger partial charge is 0.0410 e. The molecular formula is C11H16BrN3. The third kappa shape index (κ3) is 2.77. The van der Waals surface area contributed by atoms with Crippen LogP contribution in [0.4, 0.5) is 0 Å². The van der Waals surface area contributed by atoms with Crippen molar-refractivity contribution >= 4 is 15.9 Å². The van der Waals surface area contributed by atoms with Gasteiger partial charge in [0.15, 0.2) is 0 Å². The summed E-state index contributed by atoms with van der Waals surface area (Å²) in [6, 6.07) is 2.19. The van der Waals surface area contributed by atoms with Gasteiger partial charge >= 0.3 is 0 Å². The van der Waals surface area contributed by atoms with Crippen molar-refractivity contribution in [1.82, 2.24) is 10.3 Å². The molecule has 3 nitrogen and oxygen atoms in total. The van der Waals surface area contributed by atoms with Gasteiger partial charge in [-0.3, -0.25) is 4.98 Å². The minimum Gasteiger partial charge on any atom is -0.324 e. The molecule has 1 aromatic rings. The Morgan fingerprint density at radius 3 is 2.80 bits per heavy atom. The van der Waals surface area contributed by atoms with Gasteiger partial charge in [0.05, 0.1) is 0 Å². The summed E-state index contributed by atoms with van der Waals surface area (Å²) in [5, 5.41) is 3.35. The number of aromatic nitrogens is 1. The summed E-state index contributed by atoms with van der Waals surface area (Å²) in [4.78, 5) is 4.16. The molecule has 82 valence electrons. The number of rotatable bonds is 2. The number of halogens is 1.